The van der Waals surface area contributed by atoms with Gasteiger partial charge in [0.15, 0.2) is 0 Å². The number of rotatable bonds is 3. The maximum atomic E-state index is 5.94. The van der Waals surface area contributed by atoms with Gasteiger partial charge in [0, 0.05) is 18.6 Å². The van der Waals surface area contributed by atoms with Crippen LogP contribution in [-0.2, 0) is 0 Å². The third-order valence-electron chi connectivity index (χ3n) is 4.33. The molecular formula is C16H26N2. The summed E-state index contributed by atoms with van der Waals surface area (Å²) in [6.07, 6.45) is 3.90. The van der Waals surface area contributed by atoms with E-state index in [-0.39, 0.29) is 0 Å². The third kappa shape index (κ3) is 2.76. The highest BCUT2D eigenvalue weighted by Gasteiger charge is 2.26. The van der Waals surface area contributed by atoms with Gasteiger partial charge in [-0.2, -0.15) is 0 Å². The molecule has 1 aromatic carbocycles. The second kappa shape index (κ2) is 5.85. The van der Waals surface area contributed by atoms with Gasteiger partial charge < -0.3 is 5.73 Å². The number of piperidine rings is 1. The molecule has 18 heavy (non-hydrogen) atoms. The van der Waals surface area contributed by atoms with E-state index >= 15 is 0 Å². The van der Waals surface area contributed by atoms with Crippen LogP contribution in [-0.4, -0.2) is 24.0 Å². The number of benzene rings is 1. The van der Waals surface area contributed by atoms with Crippen LogP contribution >= 0.6 is 0 Å². The van der Waals surface area contributed by atoms with E-state index in [9.17, 15) is 0 Å². The van der Waals surface area contributed by atoms with Crippen LogP contribution in [0, 0.1) is 13.8 Å². The lowest BCUT2D eigenvalue weighted by Gasteiger charge is -2.40. The standard InChI is InChI=1S/C16H26N2/c1-12-7-8-13(2)16(10-12)14(3)18-9-5-4-6-15(18)11-17/h7-8,10,14-15H,4-6,9,11,17H2,1-3H3. The second-order valence-electron chi connectivity index (χ2n) is 5.66. The predicted octanol–water partition coefficient (Wildman–Crippen LogP) is 3.18. The fourth-order valence-corrected chi connectivity index (χ4v) is 3.17. The van der Waals surface area contributed by atoms with Crippen LogP contribution in [0.25, 0.3) is 0 Å². The molecule has 0 spiro atoms. The minimum absolute atomic E-state index is 0.485. The van der Waals surface area contributed by atoms with Crippen LogP contribution in [0.4, 0.5) is 0 Å². The van der Waals surface area contributed by atoms with Crippen LogP contribution < -0.4 is 5.73 Å². The molecule has 2 rings (SSSR count). The molecule has 2 N–H and O–H groups in total. The molecule has 1 fully saturated rings. The first-order chi connectivity index (χ1) is 8.63. The molecule has 0 amide bonds. The summed E-state index contributed by atoms with van der Waals surface area (Å²) in [6, 6.07) is 7.82. The third-order valence-corrected chi connectivity index (χ3v) is 4.33. The van der Waals surface area contributed by atoms with Crippen molar-refractivity contribution in [3.8, 4) is 0 Å². The molecule has 1 aliphatic heterocycles. The highest BCUT2D eigenvalue weighted by atomic mass is 15.2. The van der Waals surface area contributed by atoms with Gasteiger partial charge in [0.1, 0.15) is 0 Å². The molecule has 0 aliphatic carbocycles. The predicted molar refractivity (Wildman–Crippen MR) is 77.7 cm³/mol. The van der Waals surface area contributed by atoms with Gasteiger partial charge in [0.05, 0.1) is 0 Å². The van der Waals surface area contributed by atoms with Gasteiger partial charge in [0.25, 0.3) is 0 Å². The van der Waals surface area contributed by atoms with E-state index in [1.54, 1.807) is 0 Å². The topological polar surface area (TPSA) is 29.3 Å². The molecule has 2 heteroatoms. The van der Waals surface area contributed by atoms with Crippen LogP contribution in [0.15, 0.2) is 18.2 Å². The van der Waals surface area contributed by atoms with Gasteiger partial charge in [-0.25, -0.2) is 0 Å². The van der Waals surface area contributed by atoms with Crippen molar-refractivity contribution in [1.29, 1.82) is 0 Å². The second-order valence-corrected chi connectivity index (χ2v) is 5.66. The Morgan fingerprint density at radius 1 is 1.33 bits per heavy atom. The molecule has 2 nitrogen and oxygen atoms in total. The van der Waals surface area contributed by atoms with Crippen molar-refractivity contribution in [2.24, 2.45) is 5.73 Å². The van der Waals surface area contributed by atoms with Crippen LogP contribution in [0.1, 0.15) is 48.9 Å². The van der Waals surface area contributed by atoms with Crippen LogP contribution in [0.2, 0.25) is 0 Å². The Labute approximate surface area is 111 Å². The molecule has 1 aliphatic rings. The number of hydrogen-bond acceptors (Lipinski definition) is 2. The number of likely N-dealkylation sites (tertiary alicyclic amines) is 1. The van der Waals surface area contributed by atoms with Crippen LogP contribution in [0.3, 0.4) is 0 Å². The minimum Gasteiger partial charge on any atom is -0.329 e. The summed E-state index contributed by atoms with van der Waals surface area (Å²) in [6.45, 7) is 8.69. The van der Waals surface area contributed by atoms with E-state index in [1.807, 2.05) is 0 Å². The fourth-order valence-electron chi connectivity index (χ4n) is 3.17. The van der Waals surface area contributed by atoms with Gasteiger partial charge in [-0.3, -0.25) is 4.90 Å². The molecule has 0 radical (unpaired) electrons. The summed E-state index contributed by atoms with van der Waals surface area (Å²) < 4.78 is 0. The SMILES string of the molecule is Cc1ccc(C)c(C(C)N2CCCCC2CN)c1. The van der Waals surface area contributed by atoms with Gasteiger partial charge in [-0.05, 0) is 51.3 Å². The van der Waals surface area contributed by atoms with Crippen molar-refractivity contribution in [2.45, 2.75) is 52.1 Å². The summed E-state index contributed by atoms with van der Waals surface area (Å²) in [7, 11) is 0. The normalized spacial score (nSPS) is 23.0. The molecule has 2 unspecified atom stereocenters. The van der Waals surface area contributed by atoms with Crippen LogP contribution in [0.5, 0.6) is 0 Å². The summed E-state index contributed by atoms with van der Waals surface area (Å²) in [5.74, 6) is 0. The van der Waals surface area contributed by atoms with E-state index in [1.165, 1.54) is 42.5 Å². The maximum absolute atomic E-state index is 5.94. The Hall–Kier alpha value is -0.860. The first-order valence-corrected chi connectivity index (χ1v) is 7.16. The average molecular weight is 246 g/mol. The van der Waals surface area contributed by atoms with E-state index in [2.05, 4.69) is 43.9 Å². The summed E-state index contributed by atoms with van der Waals surface area (Å²) >= 11 is 0. The Kier molecular flexibility index (Phi) is 4.41. The average Bonchev–Trinajstić information content (AvgIpc) is 2.40. The number of nitrogens with two attached hydrogens (primary N) is 1. The lowest BCUT2D eigenvalue weighted by molar-refractivity contribution is 0.107. The van der Waals surface area contributed by atoms with E-state index < -0.39 is 0 Å². The number of hydrogen-bond donors (Lipinski definition) is 1. The molecular weight excluding hydrogens is 220 g/mol. The van der Waals surface area contributed by atoms with Crippen molar-refractivity contribution in [3.05, 3.63) is 34.9 Å². The monoisotopic (exact) mass is 246 g/mol. The van der Waals surface area contributed by atoms with Crippen molar-refractivity contribution in [3.63, 3.8) is 0 Å². The zero-order valence-electron chi connectivity index (χ0n) is 11.9. The highest BCUT2D eigenvalue weighted by Crippen LogP contribution is 2.30. The fraction of sp³-hybridized carbons (Fsp3) is 0.625. The summed E-state index contributed by atoms with van der Waals surface area (Å²) in [4.78, 5) is 2.60. The molecule has 1 saturated heterocycles. The molecule has 0 saturated carbocycles. The Bertz CT molecular complexity index is 400. The zero-order chi connectivity index (χ0) is 13.1. The zero-order valence-corrected chi connectivity index (χ0v) is 11.9. The molecule has 0 bridgehead atoms. The molecule has 100 valence electrons. The summed E-state index contributed by atoms with van der Waals surface area (Å²) in [5.41, 5.74) is 10.2. The molecule has 1 aromatic rings. The van der Waals surface area contributed by atoms with Crippen molar-refractivity contribution < 1.29 is 0 Å². The van der Waals surface area contributed by atoms with E-state index in [0.29, 0.717) is 12.1 Å². The first kappa shape index (κ1) is 13.6. The molecule has 2 atom stereocenters. The Balaban J connectivity index is 2.23. The largest absolute Gasteiger partial charge is 0.329 e. The van der Waals surface area contributed by atoms with Crippen molar-refractivity contribution >= 4 is 0 Å². The van der Waals surface area contributed by atoms with Gasteiger partial charge in [0.2, 0.25) is 0 Å². The smallest absolute Gasteiger partial charge is 0.0326 e. The number of aryl methyl sites for hydroxylation is 2. The first-order valence-electron chi connectivity index (χ1n) is 7.16. The van der Waals surface area contributed by atoms with E-state index in [0.717, 1.165) is 6.54 Å². The van der Waals surface area contributed by atoms with Crippen molar-refractivity contribution in [2.75, 3.05) is 13.1 Å². The Morgan fingerprint density at radius 2 is 2.11 bits per heavy atom. The minimum atomic E-state index is 0.485. The molecule has 0 aromatic heterocycles. The highest BCUT2D eigenvalue weighted by molar-refractivity contribution is 5.32. The van der Waals surface area contributed by atoms with Crippen molar-refractivity contribution in [1.82, 2.24) is 4.90 Å². The van der Waals surface area contributed by atoms with Gasteiger partial charge in [-0.1, -0.05) is 30.2 Å². The van der Waals surface area contributed by atoms with E-state index in [4.69, 9.17) is 5.73 Å². The quantitative estimate of drug-likeness (QED) is 0.887. The van der Waals surface area contributed by atoms with Gasteiger partial charge >= 0.3 is 0 Å². The maximum Gasteiger partial charge on any atom is 0.0326 e. The summed E-state index contributed by atoms with van der Waals surface area (Å²) in [5, 5.41) is 0. The lowest BCUT2D eigenvalue weighted by Crippen LogP contribution is -2.45. The lowest BCUT2D eigenvalue weighted by atomic mass is 9.94. The molecule has 1 heterocycles. The van der Waals surface area contributed by atoms with Gasteiger partial charge in [-0.15, -0.1) is 0 Å². The number of nitrogens with zero attached hydrogens (tertiary/aromatic N) is 1. The Morgan fingerprint density at radius 3 is 2.83 bits per heavy atom.